The van der Waals surface area contributed by atoms with Gasteiger partial charge in [-0.05, 0) is 33.6 Å². The van der Waals surface area contributed by atoms with Gasteiger partial charge < -0.3 is 9.84 Å². The van der Waals surface area contributed by atoms with Crippen LogP contribution in [-0.4, -0.2) is 46.3 Å². The van der Waals surface area contributed by atoms with Crippen LogP contribution in [0.5, 0.6) is 0 Å². The van der Waals surface area contributed by atoms with Crippen LogP contribution in [-0.2, 0) is 9.53 Å². The van der Waals surface area contributed by atoms with Gasteiger partial charge in [0.2, 0.25) is 0 Å². The van der Waals surface area contributed by atoms with Crippen LogP contribution in [0.2, 0.25) is 0 Å². The molecule has 2 rings (SSSR count). The Morgan fingerprint density at radius 2 is 1.94 bits per heavy atom. The fraction of sp³-hybridized carbons (Fsp3) is 0.923. The highest BCUT2D eigenvalue weighted by molar-refractivity contribution is 5.79. The van der Waals surface area contributed by atoms with E-state index >= 15 is 0 Å². The van der Waals surface area contributed by atoms with E-state index in [-0.39, 0.29) is 11.7 Å². The Balaban J connectivity index is 2.22. The highest BCUT2D eigenvalue weighted by atomic mass is 16.5. The zero-order valence-electron chi connectivity index (χ0n) is 11.0. The molecule has 1 aliphatic carbocycles. The van der Waals surface area contributed by atoms with Crippen molar-refractivity contribution in [2.24, 2.45) is 0 Å². The van der Waals surface area contributed by atoms with Gasteiger partial charge in [0.1, 0.15) is 5.54 Å². The summed E-state index contributed by atoms with van der Waals surface area (Å²) in [5.41, 5.74) is -0.877. The van der Waals surface area contributed by atoms with Crippen LogP contribution >= 0.6 is 0 Å². The molecule has 0 aromatic rings. The summed E-state index contributed by atoms with van der Waals surface area (Å²) in [7, 11) is 0. The maximum Gasteiger partial charge on any atom is 0.324 e. The summed E-state index contributed by atoms with van der Waals surface area (Å²) in [6.07, 6.45) is 3.73. The standard InChI is InChI=1S/C13H23NO3/c1-10-8-14(9-12(2,3)17-10)13(11(15)16)6-4-5-7-13/h10H,4-9H2,1-3H3,(H,15,16). The van der Waals surface area contributed by atoms with E-state index in [1.165, 1.54) is 0 Å². The molecule has 98 valence electrons. The molecule has 0 aromatic heterocycles. The first-order valence-electron chi connectivity index (χ1n) is 6.52. The van der Waals surface area contributed by atoms with E-state index in [1.54, 1.807) is 0 Å². The molecule has 1 aliphatic heterocycles. The van der Waals surface area contributed by atoms with Gasteiger partial charge in [0.25, 0.3) is 0 Å². The van der Waals surface area contributed by atoms with E-state index in [0.29, 0.717) is 6.54 Å². The number of nitrogens with zero attached hydrogens (tertiary/aromatic N) is 1. The van der Waals surface area contributed by atoms with Crippen LogP contribution in [0.1, 0.15) is 46.5 Å². The number of aliphatic carboxylic acids is 1. The molecule has 0 bridgehead atoms. The average molecular weight is 241 g/mol. The molecule has 2 fully saturated rings. The van der Waals surface area contributed by atoms with Crippen molar-refractivity contribution in [1.82, 2.24) is 4.90 Å². The Bertz CT molecular complexity index is 308. The van der Waals surface area contributed by atoms with E-state index in [0.717, 1.165) is 32.2 Å². The summed E-state index contributed by atoms with van der Waals surface area (Å²) in [6, 6.07) is 0. The van der Waals surface area contributed by atoms with Gasteiger partial charge in [0, 0.05) is 13.1 Å². The number of hydrogen-bond donors (Lipinski definition) is 1. The molecule has 4 heteroatoms. The first-order chi connectivity index (χ1) is 7.86. The third-order valence-corrected chi connectivity index (χ3v) is 4.00. The van der Waals surface area contributed by atoms with E-state index in [4.69, 9.17) is 4.74 Å². The average Bonchev–Trinajstić information content (AvgIpc) is 2.63. The van der Waals surface area contributed by atoms with Crippen molar-refractivity contribution in [3.8, 4) is 0 Å². The van der Waals surface area contributed by atoms with Crippen LogP contribution in [0.4, 0.5) is 0 Å². The van der Waals surface area contributed by atoms with Gasteiger partial charge in [0.15, 0.2) is 0 Å². The maximum absolute atomic E-state index is 11.7. The van der Waals surface area contributed by atoms with Crippen molar-refractivity contribution < 1.29 is 14.6 Å². The van der Waals surface area contributed by atoms with E-state index < -0.39 is 11.5 Å². The summed E-state index contributed by atoms with van der Waals surface area (Å²) in [5.74, 6) is -0.653. The first-order valence-corrected chi connectivity index (χ1v) is 6.52. The predicted octanol–water partition coefficient (Wildman–Crippen LogP) is 1.88. The lowest BCUT2D eigenvalue weighted by molar-refractivity contribution is -0.174. The zero-order valence-corrected chi connectivity index (χ0v) is 11.0. The molecule has 1 unspecified atom stereocenters. The SMILES string of the molecule is CC1CN(C2(C(=O)O)CCCC2)CC(C)(C)O1. The number of ether oxygens (including phenoxy) is 1. The highest BCUT2D eigenvalue weighted by Gasteiger charge is 2.50. The van der Waals surface area contributed by atoms with Crippen LogP contribution < -0.4 is 0 Å². The highest BCUT2D eigenvalue weighted by Crippen LogP contribution is 2.38. The summed E-state index contributed by atoms with van der Waals surface area (Å²) in [4.78, 5) is 13.8. The molecule has 4 nitrogen and oxygen atoms in total. The monoisotopic (exact) mass is 241 g/mol. The van der Waals surface area contributed by atoms with Gasteiger partial charge in [-0.15, -0.1) is 0 Å². The summed E-state index contributed by atoms with van der Waals surface area (Å²) >= 11 is 0. The molecular formula is C13H23NO3. The molecule has 0 aromatic carbocycles. The van der Waals surface area contributed by atoms with Gasteiger partial charge in [-0.3, -0.25) is 9.69 Å². The number of hydrogen-bond acceptors (Lipinski definition) is 3. The van der Waals surface area contributed by atoms with Gasteiger partial charge >= 0.3 is 5.97 Å². The largest absolute Gasteiger partial charge is 0.480 e. The Morgan fingerprint density at radius 1 is 1.35 bits per heavy atom. The molecule has 1 saturated heterocycles. The van der Waals surface area contributed by atoms with Crippen LogP contribution in [0.3, 0.4) is 0 Å². The number of carboxylic acids is 1. The fourth-order valence-corrected chi connectivity index (χ4v) is 3.41. The van der Waals surface area contributed by atoms with Crippen molar-refractivity contribution in [2.75, 3.05) is 13.1 Å². The molecule has 1 saturated carbocycles. The third kappa shape index (κ3) is 2.33. The normalized spacial score (nSPS) is 32.5. The minimum atomic E-state index is -0.653. The van der Waals surface area contributed by atoms with Crippen molar-refractivity contribution in [1.29, 1.82) is 0 Å². The Hall–Kier alpha value is -0.610. The maximum atomic E-state index is 11.7. The molecule has 2 aliphatic rings. The molecule has 0 spiro atoms. The van der Waals surface area contributed by atoms with Crippen molar-refractivity contribution in [2.45, 2.75) is 63.7 Å². The van der Waals surface area contributed by atoms with Crippen molar-refractivity contribution >= 4 is 5.97 Å². The molecular weight excluding hydrogens is 218 g/mol. The van der Waals surface area contributed by atoms with Crippen LogP contribution in [0.25, 0.3) is 0 Å². The van der Waals surface area contributed by atoms with E-state index in [2.05, 4.69) is 4.90 Å². The first kappa shape index (κ1) is 12.8. The smallest absolute Gasteiger partial charge is 0.324 e. The second kappa shape index (κ2) is 4.25. The van der Waals surface area contributed by atoms with Gasteiger partial charge in [0.05, 0.1) is 11.7 Å². The van der Waals surface area contributed by atoms with Gasteiger partial charge in [-0.1, -0.05) is 12.8 Å². The lowest BCUT2D eigenvalue weighted by atomic mass is 9.91. The van der Waals surface area contributed by atoms with Crippen molar-refractivity contribution in [3.63, 3.8) is 0 Å². The van der Waals surface area contributed by atoms with Crippen LogP contribution in [0, 0.1) is 0 Å². The topological polar surface area (TPSA) is 49.8 Å². The lowest BCUT2D eigenvalue weighted by Gasteiger charge is -2.48. The van der Waals surface area contributed by atoms with Crippen LogP contribution in [0.15, 0.2) is 0 Å². The molecule has 0 amide bonds. The quantitative estimate of drug-likeness (QED) is 0.802. The summed E-state index contributed by atoms with van der Waals surface area (Å²) < 4.78 is 5.85. The predicted molar refractivity (Wildman–Crippen MR) is 65.0 cm³/mol. The molecule has 1 heterocycles. The molecule has 0 radical (unpaired) electrons. The summed E-state index contributed by atoms with van der Waals surface area (Å²) in [6.45, 7) is 7.55. The molecule has 17 heavy (non-hydrogen) atoms. The zero-order chi connectivity index (χ0) is 12.7. The number of rotatable bonds is 2. The number of carboxylic acid groups (broad SMARTS) is 1. The fourth-order valence-electron chi connectivity index (χ4n) is 3.41. The third-order valence-electron chi connectivity index (χ3n) is 4.00. The number of morpholine rings is 1. The molecule has 1 N–H and O–H groups in total. The van der Waals surface area contributed by atoms with Gasteiger partial charge in [-0.25, -0.2) is 0 Å². The second-order valence-corrected chi connectivity index (χ2v) is 6.11. The van der Waals surface area contributed by atoms with Gasteiger partial charge in [-0.2, -0.15) is 0 Å². The number of carbonyl (C=O) groups is 1. The van der Waals surface area contributed by atoms with E-state index in [9.17, 15) is 9.90 Å². The lowest BCUT2D eigenvalue weighted by Crippen LogP contribution is -2.62. The van der Waals surface area contributed by atoms with E-state index in [1.807, 2.05) is 20.8 Å². The minimum Gasteiger partial charge on any atom is -0.480 e. The second-order valence-electron chi connectivity index (χ2n) is 6.11. The minimum absolute atomic E-state index is 0.107. The van der Waals surface area contributed by atoms with Crippen molar-refractivity contribution in [3.05, 3.63) is 0 Å². The Kier molecular flexibility index (Phi) is 3.21. The molecule has 1 atom stereocenters. The Labute approximate surface area is 103 Å². The Morgan fingerprint density at radius 3 is 2.41 bits per heavy atom. The summed E-state index contributed by atoms with van der Waals surface area (Å²) in [5, 5.41) is 9.59.